The summed E-state index contributed by atoms with van der Waals surface area (Å²) in [7, 11) is 1.62. The fourth-order valence-corrected chi connectivity index (χ4v) is 4.04. The molecule has 1 aromatic carbocycles. The topological polar surface area (TPSA) is 80.5 Å². The number of benzene rings is 1. The molecule has 0 spiro atoms. The van der Waals surface area contributed by atoms with E-state index < -0.39 is 0 Å². The molecule has 1 amide bonds. The lowest BCUT2D eigenvalue weighted by molar-refractivity contribution is 0.0902. The van der Waals surface area contributed by atoms with E-state index >= 15 is 0 Å². The highest BCUT2D eigenvalue weighted by atomic mass is 16.5. The van der Waals surface area contributed by atoms with E-state index in [-0.39, 0.29) is 11.9 Å². The van der Waals surface area contributed by atoms with Gasteiger partial charge in [0.2, 0.25) is 0 Å². The maximum absolute atomic E-state index is 13.3. The number of rotatable bonds is 5. The number of amides is 1. The molecule has 0 atom stereocenters. The zero-order valence-corrected chi connectivity index (χ0v) is 17.9. The minimum absolute atomic E-state index is 0.110. The average Bonchev–Trinajstić information content (AvgIpc) is 3.17. The number of hydrogen-bond donors (Lipinski definition) is 1. The molecule has 1 aliphatic rings. The van der Waals surface area contributed by atoms with Crippen LogP contribution < -0.4 is 10.1 Å². The van der Waals surface area contributed by atoms with Gasteiger partial charge in [-0.1, -0.05) is 17.3 Å². The van der Waals surface area contributed by atoms with Crippen LogP contribution in [-0.4, -0.2) is 53.2 Å². The Labute approximate surface area is 176 Å². The molecule has 3 aromatic rings. The number of nitrogens with zero attached hydrogens (tertiary/aromatic N) is 3. The summed E-state index contributed by atoms with van der Waals surface area (Å²) in [5, 5.41) is 8.07. The number of carbonyl (C=O) groups excluding carboxylic acids is 1. The molecule has 3 heterocycles. The number of aromatic nitrogens is 2. The summed E-state index contributed by atoms with van der Waals surface area (Å²) in [4.78, 5) is 20.1. The van der Waals surface area contributed by atoms with E-state index in [9.17, 15) is 4.79 Å². The molecule has 1 aliphatic heterocycles. The van der Waals surface area contributed by atoms with Gasteiger partial charge in [0, 0.05) is 36.4 Å². The molecule has 1 saturated heterocycles. The lowest BCUT2D eigenvalue weighted by atomic mass is 10.0. The molecule has 1 N–H and O–H groups in total. The molecule has 7 heteroatoms. The Bertz CT molecular complexity index is 1050. The van der Waals surface area contributed by atoms with Gasteiger partial charge in [0.1, 0.15) is 11.4 Å². The number of piperidine rings is 1. The van der Waals surface area contributed by atoms with Crippen LogP contribution in [0.25, 0.3) is 22.4 Å². The van der Waals surface area contributed by atoms with Crippen molar-refractivity contribution in [2.75, 3.05) is 20.2 Å². The molecule has 0 saturated carbocycles. The molecule has 0 radical (unpaired) electrons. The number of nitrogens with one attached hydrogen (secondary N) is 1. The minimum Gasteiger partial charge on any atom is -0.497 e. The Kier molecular flexibility index (Phi) is 5.72. The number of methoxy groups -OCH3 is 1. The largest absolute Gasteiger partial charge is 0.497 e. The minimum atomic E-state index is -0.110. The molecule has 7 nitrogen and oxygen atoms in total. The zero-order valence-electron chi connectivity index (χ0n) is 17.9. The van der Waals surface area contributed by atoms with E-state index in [1.54, 1.807) is 7.11 Å². The number of pyridine rings is 1. The predicted molar refractivity (Wildman–Crippen MR) is 116 cm³/mol. The van der Waals surface area contributed by atoms with E-state index in [1.807, 2.05) is 37.3 Å². The molecule has 0 unspecified atom stereocenters. The third kappa shape index (κ3) is 4.03. The third-order valence-corrected chi connectivity index (χ3v) is 5.76. The molecule has 0 aliphatic carbocycles. The SMILES string of the molecule is COc1cccc(-c2noc3nc(C)cc(C(=O)NC4CCN(C(C)C)CC4)c23)c1. The second-order valence-corrected chi connectivity index (χ2v) is 8.13. The normalized spacial score (nSPS) is 15.6. The average molecular weight is 409 g/mol. The zero-order chi connectivity index (χ0) is 21.3. The first-order valence-corrected chi connectivity index (χ1v) is 10.4. The van der Waals surface area contributed by atoms with Gasteiger partial charge < -0.3 is 19.5 Å². The van der Waals surface area contributed by atoms with E-state index in [2.05, 4.69) is 34.2 Å². The summed E-state index contributed by atoms with van der Waals surface area (Å²) >= 11 is 0. The van der Waals surface area contributed by atoms with E-state index in [0.717, 1.165) is 37.2 Å². The summed E-state index contributed by atoms with van der Waals surface area (Å²) in [6.45, 7) is 8.26. The Hall–Kier alpha value is -2.93. The van der Waals surface area contributed by atoms with Crippen molar-refractivity contribution in [3.63, 3.8) is 0 Å². The van der Waals surface area contributed by atoms with Gasteiger partial charge in [-0.2, -0.15) is 0 Å². The molecule has 158 valence electrons. The van der Waals surface area contributed by atoms with Crippen molar-refractivity contribution in [1.29, 1.82) is 0 Å². The fourth-order valence-electron chi connectivity index (χ4n) is 4.04. The van der Waals surface area contributed by atoms with Crippen LogP contribution in [0.4, 0.5) is 0 Å². The summed E-state index contributed by atoms with van der Waals surface area (Å²) in [6.07, 6.45) is 1.90. The van der Waals surface area contributed by atoms with Crippen LogP contribution in [0.2, 0.25) is 0 Å². The number of fused-ring (bicyclic) bond motifs is 1. The van der Waals surface area contributed by atoms with E-state index in [1.165, 1.54) is 0 Å². The Balaban J connectivity index is 1.65. The van der Waals surface area contributed by atoms with Crippen molar-refractivity contribution >= 4 is 17.0 Å². The number of aryl methyl sites for hydroxylation is 1. The highest BCUT2D eigenvalue weighted by molar-refractivity contribution is 6.09. The summed E-state index contributed by atoms with van der Waals surface area (Å²) in [5.74, 6) is 0.604. The fraction of sp³-hybridized carbons (Fsp3) is 0.435. The van der Waals surface area contributed by atoms with Crippen LogP contribution in [0.5, 0.6) is 5.75 Å². The van der Waals surface area contributed by atoms with Gasteiger partial charge in [0.15, 0.2) is 0 Å². The van der Waals surface area contributed by atoms with Crippen LogP contribution in [0.15, 0.2) is 34.9 Å². The van der Waals surface area contributed by atoms with Crippen molar-refractivity contribution in [3.8, 4) is 17.0 Å². The van der Waals surface area contributed by atoms with Gasteiger partial charge in [-0.15, -0.1) is 0 Å². The van der Waals surface area contributed by atoms with E-state index in [4.69, 9.17) is 9.26 Å². The predicted octanol–water partition coefficient (Wildman–Crippen LogP) is 3.81. The first kappa shape index (κ1) is 20.3. The molecule has 0 bridgehead atoms. The highest BCUT2D eigenvalue weighted by Crippen LogP contribution is 2.32. The molecule has 4 rings (SSSR count). The van der Waals surface area contributed by atoms with Crippen molar-refractivity contribution in [1.82, 2.24) is 20.4 Å². The van der Waals surface area contributed by atoms with Gasteiger partial charge in [0.05, 0.1) is 18.1 Å². The Morgan fingerprint density at radius 3 is 2.73 bits per heavy atom. The lowest BCUT2D eigenvalue weighted by Crippen LogP contribution is -2.46. The van der Waals surface area contributed by atoms with Gasteiger partial charge in [-0.05, 0) is 51.8 Å². The monoisotopic (exact) mass is 408 g/mol. The standard InChI is InChI=1S/C23H28N4O3/c1-14(2)27-10-8-17(9-11-27)25-22(28)19-12-15(3)24-23-20(19)21(26-30-23)16-6-5-7-18(13-16)29-4/h5-7,12-14,17H,8-11H2,1-4H3,(H,25,28). The number of ether oxygens (including phenoxy) is 1. The molecule has 1 fully saturated rings. The van der Waals surface area contributed by atoms with Crippen LogP contribution >= 0.6 is 0 Å². The highest BCUT2D eigenvalue weighted by Gasteiger charge is 2.25. The first-order chi connectivity index (χ1) is 14.5. The Morgan fingerprint density at radius 1 is 1.27 bits per heavy atom. The smallest absolute Gasteiger partial charge is 0.259 e. The number of carbonyl (C=O) groups is 1. The van der Waals surface area contributed by atoms with Crippen LogP contribution in [0.1, 0.15) is 42.7 Å². The number of likely N-dealkylation sites (tertiary alicyclic amines) is 1. The van der Waals surface area contributed by atoms with E-state index in [0.29, 0.717) is 34.1 Å². The van der Waals surface area contributed by atoms with Crippen LogP contribution in [-0.2, 0) is 0 Å². The molecular weight excluding hydrogens is 380 g/mol. The van der Waals surface area contributed by atoms with Crippen molar-refractivity contribution in [3.05, 3.63) is 41.6 Å². The second kappa shape index (κ2) is 8.44. The van der Waals surface area contributed by atoms with Crippen molar-refractivity contribution in [2.24, 2.45) is 0 Å². The van der Waals surface area contributed by atoms with Gasteiger partial charge in [-0.3, -0.25) is 4.79 Å². The van der Waals surface area contributed by atoms with Crippen molar-refractivity contribution in [2.45, 2.75) is 45.7 Å². The maximum atomic E-state index is 13.3. The number of hydrogen-bond acceptors (Lipinski definition) is 6. The van der Waals surface area contributed by atoms with Crippen LogP contribution in [0.3, 0.4) is 0 Å². The maximum Gasteiger partial charge on any atom is 0.259 e. The van der Waals surface area contributed by atoms with Gasteiger partial charge in [0.25, 0.3) is 11.6 Å². The van der Waals surface area contributed by atoms with Gasteiger partial charge >= 0.3 is 0 Å². The quantitative estimate of drug-likeness (QED) is 0.691. The lowest BCUT2D eigenvalue weighted by Gasteiger charge is -2.34. The summed E-state index contributed by atoms with van der Waals surface area (Å²) in [5.41, 5.74) is 3.04. The second-order valence-electron chi connectivity index (χ2n) is 8.13. The third-order valence-electron chi connectivity index (χ3n) is 5.76. The molecule has 30 heavy (non-hydrogen) atoms. The van der Waals surface area contributed by atoms with Crippen LogP contribution in [0, 0.1) is 6.92 Å². The Morgan fingerprint density at radius 2 is 2.03 bits per heavy atom. The summed E-state index contributed by atoms with van der Waals surface area (Å²) < 4.78 is 10.8. The first-order valence-electron chi connectivity index (χ1n) is 10.4. The van der Waals surface area contributed by atoms with Gasteiger partial charge in [-0.25, -0.2) is 4.98 Å². The van der Waals surface area contributed by atoms with Crippen molar-refractivity contribution < 1.29 is 14.1 Å². The molecule has 2 aromatic heterocycles. The summed E-state index contributed by atoms with van der Waals surface area (Å²) in [6, 6.07) is 10.1. The molecular formula is C23H28N4O3.